The summed E-state index contributed by atoms with van der Waals surface area (Å²) in [5, 5.41) is 2.56. The van der Waals surface area contributed by atoms with Crippen LogP contribution in [-0.2, 0) is 21.4 Å². The molecule has 1 amide bonds. The molecule has 0 bridgehead atoms. The van der Waals surface area contributed by atoms with E-state index in [1.807, 2.05) is 0 Å². The third-order valence-corrected chi connectivity index (χ3v) is 5.16. The van der Waals surface area contributed by atoms with Gasteiger partial charge >= 0.3 is 0 Å². The van der Waals surface area contributed by atoms with E-state index >= 15 is 0 Å². The van der Waals surface area contributed by atoms with Crippen LogP contribution in [0, 0.1) is 6.92 Å². The first kappa shape index (κ1) is 18.0. The molecular formula is C16H20N2O5S. The van der Waals surface area contributed by atoms with Crippen LogP contribution in [0.25, 0.3) is 0 Å². The summed E-state index contributed by atoms with van der Waals surface area (Å²) in [5.74, 6) is 1.33. The zero-order valence-electron chi connectivity index (χ0n) is 14.0. The van der Waals surface area contributed by atoms with E-state index in [4.69, 9.17) is 9.15 Å². The van der Waals surface area contributed by atoms with Crippen LogP contribution in [0.3, 0.4) is 0 Å². The highest BCUT2D eigenvalue weighted by atomic mass is 32.2. The Morgan fingerprint density at radius 3 is 2.54 bits per heavy atom. The second-order valence-corrected chi connectivity index (χ2v) is 7.36. The number of hydrogen-bond donors (Lipinski definition) is 1. The number of sulfonamides is 1. The Kier molecular flexibility index (Phi) is 5.30. The first-order chi connectivity index (χ1) is 11.2. The third-order valence-electron chi connectivity index (χ3n) is 3.36. The zero-order chi connectivity index (χ0) is 17.9. The number of amides is 1. The van der Waals surface area contributed by atoms with Crippen molar-refractivity contribution in [2.75, 3.05) is 19.5 Å². The van der Waals surface area contributed by atoms with Gasteiger partial charge in [0.05, 0.1) is 24.2 Å². The molecule has 0 saturated carbocycles. The summed E-state index contributed by atoms with van der Waals surface area (Å²) in [5.41, 5.74) is 0.299. The topological polar surface area (TPSA) is 88.8 Å². The van der Waals surface area contributed by atoms with Crippen LogP contribution < -0.4 is 10.1 Å². The summed E-state index contributed by atoms with van der Waals surface area (Å²) in [6.45, 7) is 3.24. The number of anilines is 1. The molecule has 24 heavy (non-hydrogen) atoms. The van der Waals surface area contributed by atoms with Crippen molar-refractivity contribution in [3.05, 3.63) is 41.9 Å². The minimum atomic E-state index is -3.74. The molecule has 1 aromatic carbocycles. The van der Waals surface area contributed by atoms with Gasteiger partial charge in [0.1, 0.15) is 17.3 Å². The molecule has 1 heterocycles. The Hall–Kier alpha value is -2.32. The summed E-state index contributed by atoms with van der Waals surface area (Å²) in [4.78, 5) is 11.3. The largest absolute Gasteiger partial charge is 0.495 e. The fourth-order valence-corrected chi connectivity index (χ4v) is 3.35. The van der Waals surface area contributed by atoms with Crippen molar-refractivity contribution in [3.63, 3.8) is 0 Å². The number of ether oxygens (including phenoxy) is 1. The molecule has 1 aromatic heterocycles. The lowest BCUT2D eigenvalue weighted by Gasteiger charge is -2.17. The van der Waals surface area contributed by atoms with E-state index in [9.17, 15) is 13.2 Å². The average molecular weight is 352 g/mol. The number of nitrogens with zero attached hydrogens (tertiary/aromatic N) is 1. The summed E-state index contributed by atoms with van der Waals surface area (Å²) in [7, 11) is -0.832. The van der Waals surface area contributed by atoms with Gasteiger partial charge < -0.3 is 14.5 Å². The molecule has 8 heteroatoms. The van der Waals surface area contributed by atoms with E-state index < -0.39 is 10.0 Å². The second kappa shape index (κ2) is 7.06. The molecule has 0 fully saturated rings. The number of aryl methyl sites for hydroxylation is 1. The maximum absolute atomic E-state index is 12.7. The Morgan fingerprint density at radius 1 is 1.29 bits per heavy atom. The Balaban J connectivity index is 2.32. The van der Waals surface area contributed by atoms with Gasteiger partial charge in [0.25, 0.3) is 0 Å². The molecule has 0 aliphatic heterocycles. The monoisotopic (exact) mass is 352 g/mol. The van der Waals surface area contributed by atoms with Gasteiger partial charge in [-0.1, -0.05) is 0 Å². The fourth-order valence-electron chi connectivity index (χ4n) is 2.19. The van der Waals surface area contributed by atoms with Crippen LogP contribution in [0.1, 0.15) is 18.4 Å². The molecule has 0 aliphatic rings. The van der Waals surface area contributed by atoms with Gasteiger partial charge in [-0.2, -0.15) is 4.31 Å². The molecule has 0 saturated heterocycles. The van der Waals surface area contributed by atoms with Crippen LogP contribution in [0.4, 0.5) is 5.69 Å². The summed E-state index contributed by atoms with van der Waals surface area (Å²) < 4.78 is 37.2. The van der Waals surface area contributed by atoms with E-state index in [2.05, 4.69) is 5.32 Å². The highest BCUT2D eigenvalue weighted by Crippen LogP contribution is 2.29. The minimum Gasteiger partial charge on any atom is -0.495 e. The normalized spacial score (nSPS) is 11.5. The molecule has 0 atom stereocenters. The van der Waals surface area contributed by atoms with Gasteiger partial charge in [0.2, 0.25) is 15.9 Å². The molecule has 2 aromatic rings. The van der Waals surface area contributed by atoms with Gasteiger partial charge in [0, 0.05) is 14.0 Å². The Morgan fingerprint density at radius 2 is 2.00 bits per heavy atom. The summed E-state index contributed by atoms with van der Waals surface area (Å²) in [6.07, 6.45) is 0. The highest BCUT2D eigenvalue weighted by molar-refractivity contribution is 7.89. The highest BCUT2D eigenvalue weighted by Gasteiger charge is 2.23. The maximum atomic E-state index is 12.7. The van der Waals surface area contributed by atoms with E-state index in [1.54, 1.807) is 19.1 Å². The van der Waals surface area contributed by atoms with Crippen molar-refractivity contribution in [1.29, 1.82) is 0 Å². The predicted molar refractivity (Wildman–Crippen MR) is 89.4 cm³/mol. The molecule has 0 aliphatic carbocycles. The number of rotatable bonds is 6. The van der Waals surface area contributed by atoms with Gasteiger partial charge in [-0.25, -0.2) is 8.42 Å². The lowest BCUT2D eigenvalue weighted by atomic mass is 10.3. The summed E-state index contributed by atoms with van der Waals surface area (Å²) in [6, 6.07) is 7.82. The number of methoxy groups -OCH3 is 1. The SMILES string of the molecule is COc1ccc(S(=O)(=O)N(C)Cc2ccc(C)o2)cc1NC(C)=O. The smallest absolute Gasteiger partial charge is 0.243 e. The van der Waals surface area contributed by atoms with Gasteiger partial charge in [-0.15, -0.1) is 0 Å². The number of benzene rings is 1. The van der Waals surface area contributed by atoms with Gasteiger partial charge in [-0.3, -0.25) is 4.79 Å². The van der Waals surface area contributed by atoms with E-state index in [1.165, 1.54) is 43.6 Å². The van der Waals surface area contributed by atoms with Gasteiger partial charge in [0.15, 0.2) is 0 Å². The summed E-state index contributed by atoms with van der Waals surface area (Å²) >= 11 is 0. The number of furan rings is 1. The average Bonchev–Trinajstić information content (AvgIpc) is 2.91. The Bertz CT molecular complexity index is 842. The minimum absolute atomic E-state index is 0.0535. The van der Waals surface area contributed by atoms with Crippen LogP contribution in [-0.4, -0.2) is 32.8 Å². The maximum Gasteiger partial charge on any atom is 0.243 e. The molecular weight excluding hydrogens is 332 g/mol. The lowest BCUT2D eigenvalue weighted by Crippen LogP contribution is -2.26. The van der Waals surface area contributed by atoms with Crippen molar-refractivity contribution in [1.82, 2.24) is 4.31 Å². The third kappa shape index (κ3) is 3.95. The van der Waals surface area contributed by atoms with E-state index in [-0.39, 0.29) is 17.3 Å². The quantitative estimate of drug-likeness (QED) is 0.862. The van der Waals surface area contributed by atoms with Crippen molar-refractivity contribution < 1.29 is 22.4 Å². The van der Waals surface area contributed by atoms with Crippen LogP contribution in [0.5, 0.6) is 5.75 Å². The van der Waals surface area contributed by atoms with Crippen molar-refractivity contribution in [3.8, 4) is 5.75 Å². The van der Waals surface area contributed by atoms with Crippen molar-refractivity contribution in [2.45, 2.75) is 25.3 Å². The molecule has 2 rings (SSSR count). The number of carbonyl (C=O) groups excluding carboxylic acids is 1. The molecule has 7 nitrogen and oxygen atoms in total. The van der Waals surface area contributed by atoms with Crippen molar-refractivity contribution in [2.24, 2.45) is 0 Å². The van der Waals surface area contributed by atoms with Crippen LogP contribution in [0.2, 0.25) is 0 Å². The standard InChI is InChI=1S/C16H20N2O5S/c1-11-5-6-13(23-11)10-18(3)24(20,21)14-7-8-16(22-4)15(9-14)17-12(2)19/h5-9H,10H2,1-4H3,(H,17,19). The molecule has 1 N–H and O–H groups in total. The van der Waals surface area contributed by atoms with E-state index in [0.717, 1.165) is 0 Å². The number of hydrogen-bond acceptors (Lipinski definition) is 5. The van der Waals surface area contributed by atoms with E-state index in [0.29, 0.717) is 23.0 Å². The number of carbonyl (C=O) groups is 1. The molecule has 0 unspecified atom stereocenters. The van der Waals surface area contributed by atoms with Crippen LogP contribution >= 0.6 is 0 Å². The molecule has 0 radical (unpaired) electrons. The first-order valence-electron chi connectivity index (χ1n) is 7.21. The first-order valence-corrected chi connectivity index (χ1v) is 8.65. The fraction of sp³-hybridized carbons (Fsp3) is 0.312. The molecule has 130 valence electrons. The van der Waals surface area contributed by atoms with Gasteiger partial charge in [-0.05, 0) is 37.3 Å². The predicted octanol–water partition coefficient (Wildman–Crippen LogP) is 2.38. The zero-order valence-corrected chi connectivity index (χ0v) is 14.8. The Labute approximate surface area is 141 Å². The number of nitrogens with one attached hydrogen (secondary N) is 1. The lowest BCUT2D eigenvalue weighted by molar-refractivity contribution is -0.114. The van der Waals surface area contributed by atoms with Crippen molar-refractivity contribution >= 4 is 21.6 Å². The molecule has 0 spiro atoms. The second-order valence-electron chi connectivity index (χ2n) is 5.32. The van der Waals surface area contributed by atoms with Crippen LogP contribution in [0.15, 0.2) is 39.6 Å².